The van der Waals surface area contributed by atoms with E-state index in [0.29, 0.717) is 18.1 Å². The summed E-state index contributed by atoms with van der Waals surface area (Å²) in [7, 11) is 1.89. The number of aliphatic imine (C=N–C) groups is 1. The van der Waals surface area contributed by atoms with Crippen LogP contribution in [-0.4, -0.2) is 72.9 Å². The summed E-state index contributed by atoms with van der Waals surface area (Å²) in [5.41, 5.74) is 1.17. The number of nitrogens with one attached hydrogen (secondary N) is 1. The third kappa shape index (κ3) is 3.04. The fraction of sp³-hybridized carbons (Fsp3) is 0.778. The van der Waals surface area contributed by atoms with Crippen LogP contribution < -0.4 is 5.32 Å². The zero-order valence-electron chi connectivity index (χ0n) is 15.4. The first-order valence-electron chi connectivity index (χ1n) is 9.31. The van der Waals surface area contributed by atoms with E-state index < -0.39 is 0 Å². The largest absolute Gasteiger partial charge is 0.377 e. The lowest BCUT2D eigenvalue weighted by Crippen LogP contribution is -2.68. The van der Waals surface area contributed by atoms with E-state index in [2.05, 4.69) is 39.1 Å². The number of rotatable bonds is 3. The first-order chi connectivity index (χ1) is 12.1. The molecule has 1 aliphatic carbocycles. The number of fused-ring (bicyclic) bond motifs is 1. The maximum absolute atomic E-state index is 5.91. The SMILES string of the molecule is CN=C(NC1C2CCOC2C1(C)C)N1CCN(Cc2ccon2)CC1. The Morgan fingerprint density at radius 1 is 1.36 bits per heavy atom. The maximum Gasteiger partial charge on any atom is 0.193 e. The van der Waals surface area contributed by atoms with Crippen LogP contribution in [0.25, 0.3) is 0 Å². The van der Waals surface area contributed by atoms with E-state index in [1.165, 1.54) is 0 Å². The van der Waals surface area contributed by atoms with Gasteiger partial charge in [-0.15, -0.1) is 0 Å². The van der Waals surface area contributed by atoms with Crippen molar-refractivity contribution in [1.29, 1.82) is 0 Å². The lowest BCUT2D eigenvalue weighted by molar-refractivity contribution is -0.107. The quantitative estimate of drug-likeness (QED) is 0.654. The predicted octanol–water partition coefficient (Wildman–Crippen LogP) is 1.18. The maximum atomic E-state index is 5.91. The molecule has 2 aliphatic heterocycles. The minimum atomic E-state index is 0.173. The Morgan fingerprint density at radius 2 is 2.16 bits per heavy atom. The fourth-order valence-electron chi connectivity index (χ4n) is 4.72. The topological polar surface area (TPSA) is 66.1 Å². The highest BCUT2D eigenvalue weighted by atomic mass is 16.5. The molecule has 3 atom stereocenters. The number of nitrogens with zero attached hydrogens (tertiary/aromatic N) is 4. The number of hydrogen-bond donors (Lipinski definition) is 1. The van der Waals surface area contributed by atoms with Gasteiger partial charge >= 0.3 is 0 Å². The van der Waals surface area contributed by atoms with E-state index in [9.17, 15) is 0 Å². The van der Waals surface area contributed by atoms with Crippen molar-refractivity contribution in [3.63, 3.8) is 0 Å². The highest BCUT2D eigenvalue weighted by molar-refractivity contribution is 5.80. The summed E-state index contributed by atoms with van der Waals surface area (Å²) >= 11 is 0. The minimum Gasteiger partial charge on any atom is -0.377 e. The van der Waals surface area contributed by atoms with Gasteiger partial charge in [-0.25, -0.2) is 0 Å². The van der Waals surface area contributed by atoms with E-state index in [1.807, 2.05) is 13.1 Å². The molecule has 138 valence electrons. The molecule has 2 saturated heterocycles. The van der Waals surface area contributed by atoms with Gasteiger partial charge in [-0.05, 0) is 6.42 Å². The van der Waals surface area contributed by atoms with Crippen LogP contribution >= 0.6 is 0 Å². The van der Waals surface area contributed by atoms with Crippen molar-refractivity contribution < 1.29 is 9.26 Å². The Morgan fingerprint density at radius 3 is 2.84 bits per heavy atom. The fourth-order valence-corrected chi connectivity index (χ4v) is 4.72. The minimum absolute atomic E-state index is 0.173. The molecule has 3 fully saturated rings. The second kappa shape index (κ2) is 6.61. The predicted molar refractivity (Wildman–Crippen MR) is 95.3 cm³/mol. The first-order valence-corrected chi connectivity index (χ1v) is 9.31. The van der Waals surface area contributed by atoms with Crippen molar-refractivity contribution in [3.05, 3.63) is 18.0 Å². The van der Waals surface area contributed by atoms with Gasteiger partial charge in [0, 0.05) is 69.8 Å². The lowest BCUT2D eigenvalue weighted by atomic mass is 9.57. The third-order valence-electron chi connectivity index (χ3n) is 6.15. The van der Waals surface area contributed by atoms with Crippen LogP contribution in [0.4, 0.5) is 0 Å². The molecule has 0 aromatic carbocycles. The highest BCUT2D eigenvalue weighted by Crippen LogP contribution is 2.52. The van der Waals surface area contributed by atoms with Crippen molar-refractivity contribution in [2.45, 2.75) is 39.0 Å². The number of guanidine groups is 1. The van der Waals surface area contributed by atoms with Gasteiger partial charge < -0.3 is 19.5 Å². The Hall–Kier alpha value is -1.60. The molecule has 7 heteroatoms. The van der Waals surface area contributed by atoms with Gasteiger partial charge in [-0.3, -0.25) is 9.89 Å². The number of aromatic nitrogens is 1. The molecule has 3 aliphatic rings. The van der Waals surface area contributed by atoms with Crippen molar-refractivity contribution in [2.75, 3.05) is 39.8 Å². The molecule has 1 aromatic rings. The molecule has 1 saturated carbocycles. The van der Waals surface area contributed by atoms with Crippen LogP contribution in [0.3, 0.4) is 0 Å². The van der Waals surface area contributed by atoms with Gasteiger partial charge in [0.05, 0.1) is 11.8 Å². The van der Waals surface area contributed by atoms with Gasteiger partial charge in [-0.2, -0.15) is 0 Å². The zero-order chi connectivity index (χ0) is 17.4. The summed E-state index contributed by atoms with van der Waals surface area (Å²) in [4.78, 5) is 9.34. The molecule has 1 N–H and O–H groups in total. The second-order valence-corrected chi connectivity index (χ2v) is 7.99. The smallest absolute Gasteiger partial charge is 0.193 e. The van der Waals surface area contributed by atoms with E-state index in [-0.39, 0.29) is 5.41 Å². The summed E-state index contributed by atoms with van der Waals surface area (Å²) in [6, 6.07) is 2.39. The zero-order valence-corrected chi connectivity index (χ0v) is 15.4. The van der Waals surface area contributed by atoms with E-state index in [0.717, 1.165) is 57.4 Å². The van der Waals surface area contributed by atoms with E-state index >= 15 is 0 Å². The summed E-state index contributed by atoms with van der Waals surface area (Å²) in [6.45, 7) is 10.3. The van der Waals surface area contributed by atoms with E-state index in [1.54, 1.807) is 6.26 Å². The third-order valence-corrected chi connectivity index (χ3v) is 6.15. The molecule has 0 amide bonds. The molecule has 7 nitrogen and oxygen atoms in total. The number of piperazine rings is 1. The standard InChI is InChI=1S/C18H29N5O2/c1-18(2)15(14-5-10-24-16(14)18)20-17(19-3)23-8-6-22(7-9-23)12-13-4-11-25-21-13/h4,11,14-16H,5-10,12H2,1-3H3,(H,19,20). The number of ether oxygens (including phenoxy) is 1. The summed E-state index contributed by atoms with van der Waals surface area (Å²) in [5.74, 6) is 1.66. The molecule has 0 radical (unpaired) electrons. The molecule has 0 bridgehead atoms. The molecule has 1 aromatic heterocycles. The summed E-state index contributed by atoms with van der Waals surface area (Å²) < 4.78 is 10.8. The molecular weight excluding hydrogens is 318 g/mol. The van der Waals surface area contributed by atoms with Gasteiger partial charge in [0.25, 0.3) is 0 Å². The average Bonchev–Trinajstić information content (AvgIpc) is 3.27. The van der Waals surface area contributed by atoms with Crippen molar-refractivity contribution in [1.82, 2.24) is 20.3 Å². The van der Waals surface area contributed by atoms with Crippen LogP contribution in [0.1, 0.15) is 26.0 Å². The molecule has 0 spiro atoms. The number of hydrogen-bond acceptors (Lipinski definition) is 5. The molecule has 25 heavy (non-hydrogen) atoms. The average molecular weight is 347 g/mol. The molecule has 4 rings (SSSR count). The monoisotopic (exact) mass is 347 g/mol. The van der Waals surface area contributed by atoms with Gasteiger partial charge in [-0.1, -0.05) is 19.0 Å². The lowest BCUT2D eigenvalue weighted by Gasteiger charge is -2.55. The summed E-state index contributed by atoms with van der Waals surface area (Å²) in [6.07, 6.45) is 3.20. The Kier molecular flexibility index (Phi) is 4.45. The van der Waals surface area contributed by atoms with Crippen molar-refractivity contribution in [3.8, 4) is 0 Å². The van der Waals surface area contributed by atoms with Crippen LogP contribution in [0, 0.1) is 11.3 Å². The second-order valence-electron chi connectivity index (χ2n) is 7.99. The van der Waals surface area contributed by atoms with Gasteiger partial charge in [0.2, 0.25) is 0 Å². The highest BCUT2D eigenvalue weighted by Gasteiger charge is 2.59. The molecular formula is C18H29N5O2. The first kappa shape index (κ1) is 16.8. The normalized spacial score (nSPS) is 32.4. The Labute approximate surface area is 149 Å². The Bertz CT molecular complexity index is 607. The molecule has 3 heterocycles. The van der Waals surface area contributed by atoms with E-state index in [4.69, 9.17) is 9.26 Å². The van der Waals surface area contributed by atoms with Crippen molar-refractivity contribution in [2.24, 2.45) is 16.3 Å². The van der Waals surface area contributed by atoms with Crippen LogP contribution in [0.15, 0.2) is 21.8 Å². The summed E-state index contributed by atoms with van der Waals surface area (Å²) in [5, 5.41) is 7.75. The van der Waals surface area contributed by atoms with Crippen LogP contribution in [0.5, 0.6) is 0 Å². The van der Waals surface area contributed by atoms with Gasteiger partial charge in [0.15, 0.2) is 5.96 Å². The van der Waals surface area contributed by atoms with Gasteiger partial charge in [0.1, 0.15) is 6.26 Å². The van der Waals surface area contributed by atoms with Crippen LogP contribution in [-0.2, 0) is 11.3 Å². The van der Waals surface area contributed by atoms with Crippen molar-refractivity contribution >= 4 is 5.96 Å². The van der Waals surface area contributed by atoms with Crippen LogP contribution in [0.2, 0.25) is 0 Å². The Balaban J connectivity index is 1.32. The molecule has 3 unspecified atom stereocenters.